The average Bonchev–Trinajstić information content (AvgIpc) is 2.69. The highest BCUT2D eigenvalue weighted by Gasteiger charge is 2.10. The summed E-state index contributed by atoms with van der Waals surface area (Å²) >= 11 is 7.53. The van der Waals surface area contributed by atoms with Crippen LogP contribution in [0.2, 0.25) is 5.02 Å². The molecule has 0 fully saturated rings. The number of hydrogen-bond acceptors (Lipinski definition) is 5. The number of halogens is 1. The molecule has 0 radical (unpaired) electrons. The van der Waals surface area contributed by atoms with E-state index < -0.39 is 11.9 Å². The number of anilines is 1. The van der Waals surface area contributed by atoms with Crippen molar-refractivity contribution in [2.75, 3.05) is 25.0 Å². The predicted molar refractivity (Wildman–Crippen MR) is 114 cm³/mol. The summed E-state index contributed by atoms with van der Waals surface area (Å²) in [6.45, 7) is 6.26. The second-order valence-corrected chi connectivity index (χ2v) is 7.22. The molecule has 3 N–H and O–H groups in total. The van der Waals surface area contributed by atoms with E-state index in [9.17, 15) is 4.79 Å². The first kappa shape index (κ1) is 24.5. The molecule has 1 amide bonds. The largest absolute Gasteiger partial charge is 0.473 e. The summed E-state index contributed by atoms with van der Waals surface area (Å²) in [6, 6.07) is 15.5. The van der Waals surface area contributed by atoms with Gasteiger partial charge in [-0.25, -0.2) is 9.59 Å². The Balaban J connectivity index is 0.000000612. The first-order chi connectivity index (χ1) is 13.8. The van der Waals surface area contributed by atoms with E-state index in [2.05, 4.69) is 24.1 Å². The number of benzene rings is 2. The van der Waals surface area contributed by atoms with Crippen molar-refractivity contribution < 1.29 is 24.6 Å². The van der Waals surface area contributed by atoms with Gasteiger partial charge in [-0.1, -0.05) is 49.3 Å². The van der Waals surface area contributed by atoms with Gasteiger partial charge in [-0.15, -0.1) is 0 Å². The Morgan fingerprint density at radius 1 is 0.966 bits per heavy atom. The monoisotopic (exact) mass is 438 g/mol. The fraction of sp³-hybridized carbons (Fsp3) is 0.250. The molecule has 0 saturated carbocycles. The van der Waals surface area contributed by atoms with E-state index in [1.165, 1.54) is 0 Å². The van der Waals surface area contributed by atoms with Crippen LogP contribution in [0.25, 0.3) is 0 Å². The Labute approximate surface area is 178 Å². The van der Waals surface area contributed by atoms with Crippen LogP contribution in [0.3, 0.4) is 0 Å². The highest BCUT2D eigenvalue weighted by molar-refractivity contribution is 7.99. The second kappa shape index (κ2) is 12.8. The summed E-state index contributed by atoms with van der Waals surface area (Å²) in [5, 5.41) is 18.5. The highest BCUT2D eigenvalue weighted by Crippen LogP contribution is 2.33. The van der Waals surface area contributed by atoms with Crippen molar-refractivity contribution in [2.24, 2.45) is 0 Å². The lowest BCUT2D eigenvalue weighted by atomic mass is 10.3. The van der Waals surface area contributed by atoms with Crippen molar-refractivity contribution in [2.45, 2.75) is 23.6 Å². The zero-order chi connectivity index (χ0) is 21.8. The third-order valence-corrected chi connectivity index (χ3v) is 4.98. The fourth-order valence-corrected chi connectivity index (χ4v) is 3.16. The average molecular weight is 439 g/mol. The molecule has 0 saturated heterocycles. The van der Waals surface area contributed by atoms with Gasteiger partial charge in [0.1, 0.15) is 0 Å². The molecule has 9 heteroatoms. The van der Waals surface area contributed by atoms with Crippen LogP contribution in [0.15, 0.2) is 58.3 Å². The van der Waals surface area contributed by atoms with Crippen LogP contribution in [0.4, 0.5) is 5.69 Å². The van der Waals surface area contributed by atoms with E-state index in [0.29, 0.717) is 6.54 Å². The molecule has 2 aromatic rings. The van der Waals surface area contributed by atoms with Gasteiger partial charge in [0, 0.05) is 14.8 Å². The summed E-state index contributed by atoms with van der Waals surface area (Å²) in [6.07, 6.45) is 0. The van der Waals surface area contributed by atoms with Gasteiger partial charge in [0.15, 0.2) is 0 Å². The number of likely N-dealkylation sites (N-methyl/N-ethyl adjacent to an activating group) is 1. The minimum absolute atomic E-state index is 0.0119. The van der Waals surface area contributed by atoms with E-state index in [-0.39, 0.29) is 5.91 Å². The van der Waals surface area contributed by atoms with E-state index in [1.807, 2.05) is 48.5 Å². The molecule has 0 heterocycles. The number of rotatable bonds is 7. The molecule has 0 unspecified atom stereocenters. The van der Waals surface area contributed by atoms with E-state index >= 15 is 0 Å². The number of amides is 1. The minimum atomic E-state index is -1.82. The summed E-state index contributed by atoms with van der Waals surface area (Å²) < 4.78 is 0. The summed E-state index contributed by atoms with van der Waals surface area (Å²) in [7, 11) is 0. The smallest absolute Gasteiger partial charge is 0.414 e. The van der Waals surface area contributed by atoms with Gasteiger partial charge in [-0.2, -0.15) is 0 Å². The van der Waals surface area contributed by atoms with Crippen molar-refractivity contribution in [1.82, 2.24) is 4.90 Å². The van der Waals surface area contributed by atoms with Crippen molar-refractivity contribution >= 4 is 46.9 Å². The third-order valence-electron chi connectivity index (χ3n) is 3.65. The number of carboxylic acids is 2. The quantitative estimate of drug-likeness (QED) is 0.562. The molecule has 2 aromatic carbocycles. The lowest BCUT2D eigenvalue weighted by Gasteiger charge is -2.18. The molecule has 0 aliphatic carbocycles. The topological polar surface area (TPSA) is 107 Å². The number of carbonyl (C=O) groups excluding carboxylic acids is 1. The van der Waals surface area contributed by atoms with Crippen LogP contribution in [0.1, 0.15) is 13.8 Å². The van der Waals surface area contributed by atoms with Crippen LogP contribution in [0.5, 0.6) is 0 Å². The molecule has 7 nitrogen and oxygen atoms in total. The number of carbonyl (C=O) groups is 3. The fourth-order valence-electron chi connectivity index (χ4n) is 2.13. The maximum Gasteiger partial charge on any atom is 0.414 e. The number of nitrogens with zero attached hydrogens (tertiary/aromatic N) is 1. The van der Waals surface area contributed by atoms with Gasteiger partial charge in [0.25, 0.3) is 0 Å². The van der Waals surface area contributed by atoms with Crippen molar-refractivity contribution in [3.63, 3.8) is 0 Å². The molecule has 0 spiro atoms. The third kappa shape index (κ3) is 9.47. The summed E-state index contributed by atoms with van der Waals surface area (Å²) in [5.74, 6) is -3.64. The Morgan fingerprint density at radius 2 is 1.52 bits per heavy atom. The maximum atomic E-state index is 12.2. The molecule has 0 aliphatic heterocycles. The molecule has 0 aromatic heterocycles. The SMILES string of the molecule is CCN(CC)CC(=O)Nc1ccccc1Sc1ccc(Cl)cc1.O=C(O)C(=O)O. The minimum Gasteiger partial charge on any atom is -0.473 e. The van der Waals surface area contributed by atoms with Crippen LogP contribution in [-0.4, -0.2) is 52.6 Å². The maximum absolute atomic E-state index is 12.2. The highest BCUT2D eigenvalue weighted by atomic mass is 35.5. The van der Waals surface area contributed by atoms with Gasteiger partial charge < -0.3 is 15.5 Å². The van der Waals surface area contributed by atoms with Crippen molar-refractivity contribution in [3.8, 4) is 0 Å². The molecule has 0 bridgehead atoms. The first-order valence-corrected chi connectivity index (χ1v) is 9.97. The number of para-hydroxylation sites is 1. The van der Waals surface area contributed by atoms with E-state index in [0.717, 1.165) is 33.6 Å². The van der Waals surface area contributed by atoms with Gasteiger partial charge >= 0.3 is 11.9 Å². The van der Waals surface area contributed by atoms with Gasteiger partial charge in [0.2, 0.25) is 5.91 Å². The summed E-state index contributed by atoms with van der Waals surface area (Å²) in [5.41, 5.74) is 0.838. The number of hydrogen-bond donors (Lipinski definition) is 3. The summed E-state index contributed by atoms with van der Waals surface area (Å²) in [4.78, 5) is 34.6. The lowest BCUT2D eigenvalue weighted by molar-refractivity contribution is -0.159. The van der Waals surface area contributed by atoms with Gasteiger partial charge in [-0.3, -0.25) is 9.69 Å². The first-order valence-electron chi connectivity index (χ1n) is 8.77. The molecular weight excluding hydrogens is 416 g/mol. The standard InChI is InChI=1S/C18H21ClN2OS.C2H2O4/c1-3-21(4-2)13-18(22)20-16-7-5-6-8-17(16)23-15-11-9-14(19)10-12-15;3-1(4)2(5)6/h5-12H,3-4,13H2,1-2H3,(H,20,22);(H,3,4)(H,5,6). The Hall–Kier alpha value is -2.55. The van der Waals surface area contributed by atoms with Crippen molar-refractivity contribution in [1.29, 1.82) is 0 Å². The van der Waals surface area contributed by atoms with Crippen molar-refractivity contribution in [3.05, 3.63) is 53.6 Å². The Morgan fingerprint density at radius 3 is 2.03 bits per heavy atom. The number of aliphatic carboxylic acids is 2. The zero-order valence-electron chi connectivity index (χ0n) is 16.1. The molecule has 156 valence electrons. The zero-order valence-corrected chi connectivity index (χ0v) is 17.7. The van der Waals surface area contributed by atoms with Gasteiger partial charge in [0.05, 0.1) is 12.2 Å². The molecule has 0 atom stereocenters. The normalized spacial score (nSPS) is 10.1. The van der Waals surface area contributed by atoms with Crippen LogP contribution < -0.4 is 5.32 Å². The van der Waals surface area contributed by atoms with Crippen LogP contribution in [-0.2, 0) is 14.4 Å². The Bertz CT molecular complexity index is 814. The number of nitrogens with one attached hydrogen (secondary N) is 1. The molecule has 2 rings (SSSR count). The van der Waals surface area contributed by atoms with E-state index in [1.54, 1.807) is 11.8 Å². The van der Waals surface area contributed by atoms with E-state index in [4.69, 9.17) is 31.4 Å². The molecule has 29 heavy (non-hydrogen) atoms. The van der Waals surface area contributed by atoms with Crippen LogP contribution in [0, 0.1) is 0 Å². The lowest BCUT2D eigenvalue weighted by Crippen LogP contribution is -2.33. The Kier molecular flexibility index (Phi) is 10.8. The predicted octanol–water partition coefficient (Wildman–Crippen LogP) is 3.93. The molecule has 0 aliphatic rings. The molecular formula is C20H23ClN2O5S. The second-order valence-electron chi connectivity index (χ2n) is 5.67. The number of carboxylic acid groups (broad SMARTS) is 2. The van der Waals surface area contributed by atoms with Gasteiger partial charge in [-0.05, 0) is 49.5 Å². The van der Waals surface area contributed by atoms with Crippen LogP contribution >= 0.6 is 23.4 Å².